The van der Waals surface area contributed by atoms with E-state index in [1.54, 1.807) is 4.90 Å². The maximum atomic E-state index is 13.5. The van der Waals surface area contributed by atoms with E-state index < -0.39 is 0 Å². The lowest BCUT2D eigenvalue weighted by molar-refractivity contribution is 0.0982. The monoisotopic (exact) mass is 360 g/mol. The summed E-state index contributed by atoms with van der Waals surface area (Å²) in [7, 11) is 0. The van der Waals surface area contributed by atoms with Crippen LogP contribution in [0.15, 0.2) is 65.5 Å². The Bertz CT molecular complexity index is 1010. The third kappa shape index (κ3) is 4.00. The van der Waals surface area contributed by atoms with Crippen LogP contribution in [-0.2, 0) is 13.0 Å². The Labute approximate surface area is 159 Å². The normalized spacial score (nSPS) is 10.6. The van der Waals surface area contributed by atoms with E-state index in [4.69, 9.17) is 0 Å². The first-order chi connectivity index (χ1) is 13.0. The lowest BCUT2D eigenvalue weighted by Gasteiger charge is -2.25. The summed E-state index contributed by atoms with van der Waals surface area (Å²) in [6.07, 6.45) is 0.588. The number of amides is 1. The van der Waals surface area contributed by atoms with Crippen LogP contribution >= 0.6 is 0 Å². The lowest BCUT2D eigenvalue weighted by Crippen LogP contribution is -2.35. The summed E-state index contributed by atoms with van der Waals surface area (Å²) in [6.45, 7) is 6.15. The van der Waals surface area contributed by atoms with Crippen LogP contribution in [0.25, 0.3) is 0 Å². The molecule has 27 heavy (non-hydrogen) atoms. The maximum Gasteiger partial charge on any atom is 0.264 e. The SMILES string of the molecule is CCc1[nH]c(C)cc(=O)c1C(=O)N(Cc1ccccc1)c1ccccc1C. The minimum Gasteiger partial charge on any atom is -0.362 e. The summed E-state index contributed by atoms with van der Waals surface area (Å²) in [4.78, 5) is 31.1. The fraction of sp³-hybridized carbons (Fsp3) is 0.217. The van der Waals surface area contributed by atoms with Gasteiger partial charge in [0, 0.05) is 23.1 Å². The molecule has 0 bridgehead atoms. The highest BCUT2D eigenvalue weighted by atomic mass is 16.2. The number of rotatable bonds is 5. The molecular formula is C23H24N2O2. The maximum absolute atomic E-state index is 13.5. The molecular weight excluding hydrogens is 336 g/mol. The molecule has 0 atom stereocenters. The van der Waals surface area contributed by atoms with Crippen molar-refractivity contribution in [2.75, 3.05) is 4.90 Å². The average Bonchev–Trinajstić information content (AvgIpc) is 2.66. The number of pyridine rings is 1. The zero-order valence-corrected chi connectivity index (χ0v) is 16.0. The molecule has 1 N–H and O–H groups in total. The number of nitrogens with zero attached hydrogens (tertiary/aromatic N) is 1. The summed E-state index contributed by atoms with van der Waals surface area (Å²) in [6, 6.07) is 19.1. The molecule has 3 rings (SSSR count). The van der Waals surface area contributed by atoms with Crippen LogP contribution < -0.4 is 10.3 Å². The van der Waals surface area contributed by atoms with Gasteiger partial charge in [-0.15, -0.1) is 0 Å². The standard InChI is InChI=1S/C23H24N2O2/c1-4-19-22(21(26)14-17(3)24-19)23(27)25(15-18-11-6-5-7-12-18)20-13-9-8-10-16(20)2/h5-14H,4,15H2,1-3H3,(H,24,26). The van der Waals surface area contributed by atoms with Crippen molar-refractivity contribution in [1.29, 1.82) is 0 Å². The van der Waals surface area contributed by atoms with Gasteiger partial charge in [0.15, 0.2) is 5.43 Å². The second kappa shape index (κ2) is 8.04. The van der Waals surface area contributed by atoms with Crippen LogP contribution in [0.3, 0.4) is 0 Å². The molecule has 1 aromatic heterocycles. The zero-order valence-electron chi connectivity index (χ0n) is 16.0. The minimum atomic E-state index is -0.272. The van der Waals surface area contributed by atoms with E-state index in [0.29, 0.717) is 18.7 Å². The Kier molecular flexibility index (Phi) is 5.55. The molecule has 0 spiro atoms. The van der Waals surface area contributed by atoms with Gasteiger partial charge in [0.2, 0.25) is 0 Å². The van der Waals surface area contributed by atoms with E-state index in [0.717, 1.165) is 22.5 Å². The van der Waals surface area contributed by atoms with E-state index in [-0.39, 0.29) is 16.9 Å². The van der Waals surface area contributed by atoms with Crippen molar-refractivity contribution >= 4 is 11.6 Å². The van der Waals surface area contributed by atoms with E-state index in [1.165, 1.54) is 6.07 Å². The average molecular weight is 360 g/mol. The largest absolute Gasteiger partial charge is 0.362 e. The van der Waals surface area contributed by atoms with Gasteiger partial charge in [-0.3, -0.25) is 9.59 Å². The predicted octanol–water partition coefficient (Wildman–Crippen LogP) is 4.40. The molecule has 3 aromatic rings. The highest BCUT2D eigenvalue weighted by molar-refractivity contribution is 6.07. The first-order valence-electron chi connectivity index (χ1n) is 9.15. The highest BCUT2D eigenvalue weighted by Crippen LogP contribution is 2.24. The van der Waals surface area contributed by atoms with Crippen LogP contribution in [0.5, 0.6) is 0 Å². The molecule has 0 saturated carbocycles. The number of carbonyl (C=O) groups is 1. The first kappa shape index (κ1) is 18.6. The number of H-pyrrole nitrogens is 1. The van der Waals surface area contributed by atoms with Crippen molar-refractivity contribution < 1.29 is 4.79 Å². The number of anilines is 1. The Balaban J connectivity index is 2.12. The Morgan fingerprint density at radius 2 is 1.67 bits per heavy atom. The van der Waals surface area contributed by atoms with Crippen molar-refractivity contribution in [3.8, 4) is 0 Å². The van der Waals surface area contributed by atoms with Crippen LogP contribution in [0.4, 0.5) is 5.69 Å². The number of benzene rings is 2. The first-order valence-corrected chi connectivity index (χ1v) is 9.15. The molecule has 0 saturated heterocycles. The summed E-state index contributed by atoms with van der Waals surface area (Å²) in [5.74, 6) is -0.272. The van der Waals surface area contributed by atoms with Gasteiger partial charge >= 0.3 is 0 Å². The summed E-state index contributed by atoms with van der Waals surface area (Å²) < 4.78 is 0. The molecule has 0 fully saturated rings. The van der Waals surface area contributed by atoms with E-state index in [1.807, 2.05) is 75.4 Å². The quantitative estimate of drug-likeness (QED) is 0.733. The second-order valence-electron chi connectivity index (χ2n) is 6.69. The predicted molar refractivity (Wildman–Crippen MR) is 109 cm³/mol. The lowest BCUT2D eigenvalue weighted by atomic mass is 10.1. The summed E-state index contributed by atoms with van der Waals surface area (Å²) in [5, 5.41) is 0. The van der Waals surface area contributed by atoms with Crippen molar-refractivity contribution in [3.05, 3.63) is 99.0 Å². The van der Waals surface area contributed by atoms with Gasteiger partial charge in [-0.1, -0.05) is 55.5 Å². The second-order valence-corrected chi connectivity index (χ2v) is 6.69. The molecule has 0 aliphatic heterocycles. The van der Waals surface area contributed by atoms with E-state index in [2.05, 4.69) is 4.98 Å². The van der Waals surface area contributed by atoms with Crippen molar-refractivity contribution in [2.24, 2.45) is 0 Å². The minimum absolute atomic E-state index is 0.224. The number of aryl methyl sites for hydroxylation is 3. The number of aromatic nitrogens is 1. The van der Waals surface area contributed by atoms with Crippen LogP contribution in [-0.4, -0.2) is 10.9 Å². The third-order valence-electron chi connectivity index (χ3n) is 4.65. The number of aromatic amines is 1. The van der Waals surface area contributed by atoms with Crippen LogP contribution in [0, 0.1) is 13.8 Å². The Morgan fingerprint density at radius 3 is 2.33 bits per heavy atom. The molecule has 4 heteroatoms. The van der Waals surface area contributed by atoms with Crippen molar-refractivity contribution in [2.45, 2.75) is 33.7 Å². The zero-order chi connectivity index (χ0) is 19.4. The number of para-hydroxylation sites is 1. The van der Waals surface area contributed by atoms with Crippen molar-refractivity contribution in [3.63, 3.8) is 0 Å². The third-order valence-corrected chi connectivity index (χ3v) is 4.65. The van der Waals surface area contributed by atoms with Crippen LogP contribution in [0.1, 0.15) is 39.8 Å². The number of nitrogens with one attached hydrogen (secondary N) is 1. The Morgan fingerprint density at radius 1 is 1.00 bits per heavy atom. The Hall–Kier alpha value is -3.14. The molecule has 0 aliphatic carbocycles. The smallest absolute Gasteiger partial charge is 0.264 e. The summed E-state index contributed by atoms with van der Waals surface area (Å²) >= 11 is 0. The van der Waals surface area contributed by atoms with Crippen LogP contribution in [0.2, 0.25) is 0 Å². The molecule has 1 amide bonds. The highest BCUT2D eigenvalue weighted by Gasteiger charge is 2.24. The van der Waals surface area contributed by atoms with E-state index in [9.17, 15) is 9.59 Å². The number of hydrogen-bond acceptors (Lipinski definition) is 2. The molecule has 1 heterocycles. The topological polar surface area (TPSA) is 53.2 Å². The van der Waals surface area contributed by atoms with Gasteiger partial charge in [0.25, 0.3) is 5.91 Å². The fourth-order valence-corrected chi connectivity index (χ4v) is 3.29. The van der Waals surface area contributed by atoms with E-state index >= 15 is 0 Å². The molecule has 0 unspecified atom stereocenters. The molecule has 138 valence electrons. The van der Waals surface area contributed by atoms with Gasteiger partial charge in [-0.2, -0.15) is 0 Å². The molecule has 0 radical (unpaired) electrons. The molecule has 4 nitrogen and oxygen atoms in total. The molecule has 0 aliphatic rings. The van der Waals surface area contributed by atoms with Gasteiger partial charge in [0.1, 0.15) is 5.56 Å². The van der Waals surface area contributed by atoms with Gasteiger partial charge < -0.3 is 9.88 Å². The summed E-state index contributed by atoms with van der Waals surface area (Å²) in [5.41, 5.74) is 4.24. The van der Waals surface area contributed by atoms with Gasteiger partial charge in [-0.25, -0.2) is 0 Å². The fourth-order valence-electron chi connectivity index (χ4n) is 3.29. The molecule has 2 aromatic carbocycles. The van der Waals surface area contributed by atoms with Crippen molar-refractivity contribution in [1.82, 2.24) is 4.98 Å². The van der Waals surface area contributed by atoms with Gasteiger partial charge in [-0.05, 0) is 37.5 Å². The number of hydrogen-bond donors (Lipinski definition) is 1. The van der Waals surface area contributed by atoms with Gasteiger partial charge in [0.05, 0.1) is 6.54 Å². The number of carbonyl (C=O) groups excluding carboxylic acids is 1.